The van der Waals surface area contributed by atoms with E-state index in [0.29, 0.717) is 27.3 Å². The van der Waals surface area contributed by atoms with Crippen molar-refractivity contribution in [2.45, 2.75) is 20.0 Å². The van der Waals surface area contributed by atoms with Crippen molar-refractivity contribution in [2.75, 3.05) is 13.7 Å². The van der Waals surface area contributed by atoms with Crippen molar-refractivity contribution in [1.82, 2.24) is 5.43 Å². The Hall–Kier alpha value is -2.44. The van der Waals surface area contributed by atoms with E-state index < -0.39 is 5.91 Å². The zero-order valence-electron chi connectivity index (χ0n) is 15.2. The molecule has 0 radical (unpaired) electrons. The standard InChI is InChI=1S/C19H20Cl2N2O4/c1-12(2)27-17-6-4-13(8-18(17)25-3)10-22-23-19(24)11-26-16-7-5-14(20)9-15(16)21/h4-10,12H,11H2,1-3H3,(H,23,24)/b22-10+. The van der Waals surface area contributed by atoms with Crippen molar-refractivity contribution in [3.63, 3.8) is 0 Å². The number of ether oxygens (including phenoxy) is 3. The Balaban J connectivity index is 1.89. The van der Waals surface area contributed by atoms with Gasteiger partial charge in [-0.05, 0) is 55.8 Å². The third kappa shape index (κ3) is 6.66. The van der Waals surface area contributed by atoms with E-state index in [-0.39, 0.29) is 12.7 Å². The van der Waals surface area contributed by atoms with E-state index in [9.17, 15) is 4.79 Å². The van der Waals surface area contributed by atoms with Gasteiger partial charge in [-0.3, -0.25) is 4.79 Å². The molecule has 2 rings (SSSR count). The smallest absolute Gasteiger partial charge is 0.277 e. The number of nitrogens with one attached hydrogen (secondary N) is 1. The number of halogens is 2. The minimum atomic E-state index is -0.427. The molecule has 144 valence electrons. The quantitative estimate of drug-likeness (QED) is 0.519. The molecule has 27 heavy (non-hydrogen) atoms. The van der Waals surface area contributed by atoms with Crippen LogP contribution in [0.25, 0.3) is 0 Å². The first kappa shape index (κ1) is 20.9. The van der Waals surface area contributed by atoms with Crippen molar-refractivity contribution >= 4 is 35.3 Å². The van der Waals surface area contributed by atoms with Crippen molar-refractivity contribution in [3.05, 3.63) is 52.0 Å². The Labute approximate surface area is 168 Å². The number of amides is 1. The van der Waals surface area contributed by atoms with Crippen LogP contribution in [0.15, 0.2) is 41.5 Å². The summed E-state index contributed by atoms with van der Waals surface area (Å²) >= 11 is 11.8. The number of hydrogen-bond acceptors (Lipinski definition) is 5. The van der Waals surface area contributed by atoms with Crippen molar-refractivity contribution < 1.29 is 19.0 Å². The molecule has 6 nitrogen and oxygen atoms in total. The molecule has 0 unspecified atom stereocenters. The largest absolute Gasteiger partial charge is 0.493 e. The minimum Gasteiger partial charge on any atom is -0.493 e. The zero-order chi connectivity index (χ0) is 19.8. The molecule has 0 atom stereocenters. The topological polar surface area (TPSA) is 69.2 Å². The summed E-state index contributed by atoms with van der Waals surface area (Å²) in [7, 11) is 1.56. The average molecular weight is 411 g/mol. The average Bonchev–Trinajstić information content (AvgIpc) is 2.61. The van der Waals surface area contributed by atoms with E-state index in [0.717, 1.165) is 5.56 Å². The molecule has 0 aliphatic rings. The Morgan fingerprint density at radius 3 is 2.56 bits per heavy atom. The maximum absolute atomic E-state index is 11.8. The molecule has 0 saturated heterocycles. The summed E-state index contributed by atoms with van der Waals surface area (Å²) in [6.07, 6.45) is 1.53. The van der Waals surface area contributed by atoms with Crippen LogP contribution in [0.5, 0.6) is 17.2 Å². The number of carbonyl (C=O) groups is 1. The van der Waals surface area contributed by atoms with Gasteiger partial charge in [0.1, 0.15) is 5.75 Å². The highest BCUT2D eigenvalue weighted by molar-refractivity contribution is 6.35. The van der Waals surface area contributed by atoms with Gasteiger partial charge in [-0.1, -0.05) is 23.2 Å². The minimum absolute atomic E-state index is 0.0341. The van der Waals surface area contributed by atoms with Crippen LogP contribution in [-0.4, -0.2) is 31.9 Å². The van der Waals surface area contributed by atoms with Gasteiger partial charge in [-0.2, -0.15) is 5.10 Å². The van der Waals surface area contributed by atoms with E-state index in [1.807, 2.05) is 13.8 Å². The van der Waals surface area contributed by atoms with Crippen molar-refractivity contribution in [1.29, 1.82) is 0 Å². The molecular weight excluding hydrogens is 391 g/mol. The monoisotopic (exact) mass is 410 g/mol. The van der Waals surface area contributed by atoms with E-state index in [4.69, 9.17) is 37.4 Å². The summed E-state index contributed by atoms with van der Waals surface area (Å²) in [6, 6.07) is 10.1. The summed E-state index contributed by atoms with van der Waals surface area (Å²) in [5.74, 6) is 1.16. The molecule has 0 spiro atoms. The Kier molecular flexibility index (Phi) is 7.76. The third-order valence-corrected chi connectivity index (χ3v) is 3.74. The molecule has 0 aromatic heterocycles. The predicted octanol–water partition coefficient (Wildman–Crippen LogP) is 4.32. The van der Waals surface area contributed by atoms with Crippen molar-refractivity contribution in [2.24, 2.45) is 5.10 Å². The lowest BCUT2D eigenvalue weighted by Gasteiger charge is -2.13. The molecule has 0 aliphatic carbocycles. The Bertz CT molecular complexity index is 825. The maximum atomic E-state index is 11.8. The number of carbonyl (C=O) groups excluding carboxylic acids is 1. The van der Waals surface area contributed by atoms with E-state index in [1.54, 1.807) is 37.4 Å². The first-order valence-corrected chi connectivity index (χ1v) is 8.89. The second kappa shape index (κ2) is 10.0. The molecule has 1 N–H and O–H groups in total. The summed E-state index contributed by atoms with van der Waals surface area (Å²) < 4.78 is 16.3. The lowest BCUT2D eigenvalue weighted by Crippen LogP contribution is -2.24. The summed E-state index contributed by atoms with van der Waals surface area (Å²) in [5, 5.41) is 4.72. The second-order valence-electron chi connectivity index (χ2n) is 5.73. The highest BCUT2D eigenvalue weighted by Crippen LogP contribution is 2.28. The first-order chi connectivity index (χ1) is 12.9. The SMILES string of the molecule is COc1cc(/C=N/NC(=O)COc2ccc(Cl)cc2Cl)ccc1OC(C)C. The molecule has 0 fully saturated rings. The zero-order valence-corrected chi connectivity index (χ0v) is 16.7. The fourth-order valence-electron chi connectivity index (χ4n) is 2.06. The predicted molar refractivity (Wildman–Crippen MR) is 106 cm³/mol. The summed E-state index contributed by atoms with van der Waals surface area (Å²) in [6.45, 7) is 3.64. The third-order valence-electron chi connectivity index (χ3n) is 3.21. The van der Waals surface area contributed by atoms with Crippen molar-refractivity contribution in [3.8, 4) is 17.2 Å². The van der Waals surface area contributed by atoms with Gasteiger partial charge in [0, 0.05) is 5.02 Å². The van der Waals surface area contributed by atoms with Gasteiger partial charge in [0.05, 0.1) is 24.5 Å². The number of hydrogen-bond donors (Lipinski definition) is 1. The fourth-order valence-corrected chi connectivity index (χ4v) is 2.53. The van der Waals surface area contributed by atoms with Gasteiger partial charge in [0.25, 0.3) is 5.91 Å². The van der Waals surface area contributed by atoms with E-state index in [1.165, 1.54) is 12.3 Å². The highest BCUT2D eigenvalue weighted by Gasteiger charge is 2.08. The second-order valence-corrected chi connectivity index (χ2v) is 6.58. The van der Waals surface area contributed by atoms with Crippen LogP contribution >= 0.6 is 23.2 Å². The molecule has 0 aliphatic heterocycles. The van der Waals surface area contributed by atoms with E-state index in [2.05, 4.69) is 10.5 Å². The number of benzene rings is 2. The van der Waals surface area contributed by atoms with E-state index >= 15 is 0 Å². The number of methoxy groups -OCH3 is 1. The first-order valence-electron chi connectivity index (χ1n) is 8.13. The summed E-state index contributed by atoms with van der Waals surface area (Å²) in [5.41, 5.74) is 3.12. The fraction of sp³-hybridized carbons (Fsp3) is 0.263. The lowest BCUT2D eigenvalue weighted by atomic mass is 10.2. The van der Waals surface area contributed by atoms with Crippen LogP contribution in [0, 0.1) is 0 Å². The molecule has 1 amide bonds. The van der Waals surface area contributed by atoms with Gasteiger partial charge in [0.2, 0.25) is 0 Å². The molecule has 8 heteroatoms. The van der Waals surface area contributed by atoms with Gasteiger partial charge < -0.3 is 14.2 Å². The summed E-state index contributed by atoms with van der Waals surface area (Å²) in [4.78, 5) is 11.8. The van der Waals surface area contributed by atoms with Gasteiger partial charge >= 0.3 is 0 Å². The lowest BCUT2D eigenvalue weighted by molar-refractivity contribution is -0.123. The molecule has 2 aromatic carbocycles. The van der Waals surface area contributed by atoms with Gasteiger partial charge in [-0.15, -0.1) is 0 Å². The number of hydrazone groups is 1. The normalized spacial score (nSPS) is 10.9. The van der Waals surface area contributed by atoms with Crippen LogP contribution < -0.4 is 19.6 Å². The number of nitrogens with zero attached hydrogens (tertiary/aromatic N) is 1. The Morgan fingerprint density at radius 2 is 1.89 bits per heavy atom. The molecule has 0 saturated carbocycles. The molecule has 0 heterocycles. The van der Waals surface area contributed by atoms with Crippen LogP contribution in [0.2, 0.25) is 10.0 Å². The number of rotatable bonds is 8. The van der Waals surface area contributed by atoms with Crippen LogP contribution in [0.1, 0.15) is 19.4 Å². The maximum Gasteiger partial charge on any atom is 0.277 e. The molecular formula is C19H20Cl2N2O4. The van der Waals surface area contributed by atoms with Gasteiger partial charge in [-0.25, -0.2) is 5.43 Å². The Morgan fingerprint density at radius 1 is 1.15 bits per heavy atom. The van der Waals surface area contributed by atoms with Crippen LogP contribution in [-0.2, 0) is 4.79 Å². The molecule has 2 aromatic rings. The van der Waals surface area contributed by atoms with Gasteiger partial charge in [0.15, 0.2) is 18.1 Å². The van der Waals surface area contributed by atoms with Crippen LogP contribution in [0.3, 0.4) is 0 Å². The molecule has 0 bridgehead atoms. The van der Waals surface area contributed by atoms with Crippen LogP contribution in [0.4, 0.5) is 0 Å². The highest BCUT2D eigenvalue weighted by atomic mass is 35.5.